The number of rotatable bonds is 5. The van der Waals surface area contributed by atoms with Crippen molar-refractivity contribution in [2.24, 2.45) is 0 Å². The van der Waals surface area contributed by atoms with Crippen LogP contribution in [0.5, 0.6) is 11.6 Å². The maximum absolute atomic E-state index is 13.0. The van der Waals surface area contributed by atoms with E-state index in [0.717, 1.165) is 23.8 Å². The maximum Gasteiger partial charge on any atom is 0.416 e. The molecule has 0 spiro atoms. The van der Waals surface area contributed by atoms with Gasteiger partial charge in [0.1, 0.15) is 11.8 Å². The molecule has 1 N–H and O–H groups in total. The van der Waals surface area contributed by atoms with Gasteiger partial charge in [-0.25, -0.2) is 4.98 Å². The molecule has 0 unspecified atom stereocenters. The second-order valence-corrected chi connectivity index (χ2v) is 6.27. The van der Waals surface area contributed by atoms with Crippen LogP contribution in [-0.2, 0) is 6.18 Å². The lowest BCUT2D eigenvalue weighted by Gasteiger charge is -2.12. The fraction of sp³-hybridized carbons (Fsp3) is 0.0500. The standard InChI is InChI=1S/C20H12F3N5O3/c21-20(22,23)13-6-2-7-14(10-13)27-18-17(28(29)30)19(26-11-25-18)31-15-8-1-4-12-5-3-9-24-16(12)15/h1-11H,(H,25,26,27). The Balaban J connectivity index is 1.73. The Kier molecular flexibility index (Phi) is 5.07. The highest BCUT2D eigenvalue weighted by molar-refractivity contribution is 5.84. The molecule has 8 nitrogen and oxygen atoms in total. The van der Waals surface area contributed by atoms with E-state index in [0.29, 0.717) is 5.52 Å². The van der Waals surface area contributed by atoms with Crippen molar-refractivity contribution in [1.82, 2.24) is 15.0 Å². The van der Waals surface area contributed by atoms with E-state index >= 15 is 0 Å². The number of hydrogen-bond acceptors (Lipinski definition) is 7. The number of nitrogens with zero attached hydrogens (tertiary/aromatic N) is 4. The van der Waals surface area contributed by atoms with Gasteiger partial charge in [0.2, 0.25) is 5.82 Å². The third-order valence-corrected chi connectivity index (χ3v) is 4.23. The first-order chi connectivity index (χ1) is 14.8. The topological polar surface area (TPSA) is 103 Å². The lowest BCUT2D eigenvalue weighted by Crippen LogP contribution is -2.07. The van der Waals surface area contributed by atoms with E-state index in [1.54, 1.807) is 36.5 Å². The Morgan fingerprint density at radius 2 is 1.77 bits per heavy atom. The van der Waals surface area contributed by atoms with Crippen LogP contribution in [0.15, 0.2) is 67.1 Å². The Hall–Kier alpha value is -4.28. The molecule has 0 fully saturated rings. The maximum atomic E-state index is 13.0. The molecular weight excluding hydrogens is 415 g/mol. The number of benzene rings is 2. The Morgan fingerprint density at radius 3 is 2.55 bits per heavy atom. The smallest absolute Gasteiger partial charge is 0.416 e. The minimum Gasteiger partial charge on any atom is -0.431 e. The van der Waals surface area contributed by atoms with Gasteiger partial charge in [-0.1, -0.05) is 24.3 Å². The van der Waals surface area contributed by atoms with Crippen LogP contribution in [0.1, 0.15) is 5.56 Å². The van der Waals surface area contributed by atoms with Crippen LogP contribution in [0, 0.1) is 10.1 Å². The third-order valence-electron chi connectivity index (χ3n) is 4.23. The summed E-state index contributed by atoms with van der Waals surface area (Å²) in [5, 5.41) is 15.0. The molecule has 4 rings (SSSR count). The minimum atomic E-state index is -4.56. The molecule has 31 heavy (non-hydrogen) atoms. The molecule has 0 saturated carbocycles. The quantitative estimate of drug-likeness (QED) is 0.332. The fourth-order valence-electron chi connectivity index (χ4n) is 2.87. The number of anilines is 2. The summed E-state index contributed by atoms with van der Waals surface area (Å²) in [6, 6.07) is 12.8. The highest BCUT2D eigenvalue weighted by Crippen LogP contribution is 2.38. The largest absolute Gasteiger partial charge is 0.431 e. The van der Waals surface area contributed by atoms with Gasteiger partial charge in [0.15, 0.2) is 5.75 Å². The van der Waals surface area contributed by atoms with E-state index in [1.165, 1.54) is 12.1 Å². The summed E-state index contributed by atoms with van der Waals surface area (Å²) in [7, 11) is 0. The van der Waals surface area contributed by atoms with Crippen molar-refractivity contribution in [1.29, 1.82) is 0 Å². The number of alkyl halides is 3. The van der Waals surface area contributed by atoms with Crippen molar-refractivity contribution in [2.45, 2.75) is 6.18 Å². The molecule has 4 aromatic rings. The lowest BCUT2D eigenvalue weighted by atomic mass is 10.2. The predicted molar refractivity (Wildman–Crippen MR) is 105 cm³/mol. The zero-order chi connectivity index (χ0) is 22.0. The van der Waals surface area contributed by atoms with Gasteiger partial charge in [0.25, 0.3) is 0 Å². The Morgan fingerprint density at radius 1 is 1.00 bits per heavy atom. The highest BCUT2D eigenvalue weighted by Gasteiger charge is 2.31. The first-order valence-corrected chi connectivity index (χ1v) is 8.78. The molecule has 2 aromatic heterocycles. The van der Waals surface area contributed by atoms with E-state index in [-0.39, 0.29) is 23.1 Å². The van der Waals surface area contributed by atoms with E-state index in [1.807, 2.05) is 0 Å². The number of nitrogens with one attached hydrogen (secondary N) is 1. The normalized spacial score (nSPS) is 11.3. The number of halogens is 3. The molecule has 0 aliphatic carbocycles. The molecule has 0 aliphatic heterocycles. The monoisotopic (exact) mass is 427 g/mol. The first kappa shape index (κ1) is 20.0. The number of nitro groups is 1. The molecule has 0 atom stereocenters. The number of hydrogen-bond donors (Lipinski definition) is 1. The summed E-state index contributed by atoms with van der Waals surface area (Å²) >= 11 is 0. The van der Waals surface area contributed by atoms with Crippen LogP contribution in [0.4, 0.5) is 30.4 Å². The summed E-state index contributed by atoms with van der Waals surface area (Å²) in [6.07, 6.45) is -2.01. The minimum absolute atomic E-state index is 0.0330. The molecule has 0 aliphatic rings. The summed E-state index contributed by atoms with van der Waals surface area (Å²) < 4.78 is 44.5. The zero-order valence-electron chi connectivity index (χ0n) is 15.5. The summed E-state index contributed by atoms with van der Waals surface area (Å²) in [5.41, 5.74) is -1.11. The molecule has 0 radical (unpaired) electrons. The number of pyridine rings is 1. The van der Waals surface area contributed by atoms with E-state index in [9.17, 15) is 23.3 Å². The van der Waals surface area contributed by atoms with Gasteiger partial charge in [0.05, 0.1) is 10.5 Å². The zero-order valence-corrected chi connectivity index (χ0v) is 15.5. The average molecular weight is 427 g/mol. The molecule has 2 heterocycles. The van der Waals surface area contributed by atoms with Gasteiger partial charge in [0, 0.05) is 17.3 Å². The van der Waals surface area contributed by atoms with Gasteiger partial charge in [-0.2, -0.15) is 18.2 Å². The van der Waals surface area contributed by atoms with Crippen molar-refractivity contribution in [2.75, 3.05) is 5.32 Å². The van der Waals surface area contributed by atoms with Gasteiger partial charge >= 0.3 is 17.7 Å². The Bertz CT molecular complexity index is 1280. The van der Waals surface area contributed by atoms with Crippen molar-refractivity contribution in [3.8, 4) is 11.6 Å². The van der Waals surface area contributed by atoms with E-state index in [2.05, 4.69) is 20.3 Å². The number of aromatic nitrogens is 3. The van der Waals surface area contributed by atoms with Crippen molar-refractivity contribution in [3.05, 3.63) is 82.8 Å². The fourth-order valence-corrected chi connectivity index (χ4v) is 2.87. The molecule has 156 valence electrons. The van der Waals surface area contributed by atoms with Crippen LogP contribution >= 0.6 is 0 Å². The first-order valence-electron chi connectivity index (χ1n) is 8.78. The van der Waals surface area contributed by atoms with Crippen LogP contribution in [-0.4, -0.2) is 19.9 Å². The molecule has 11 heteroatoms. The van der Waals surface area contributed by atoms with Crippen LogP contribution in [0.3, 0.4) is 0 Å². The van der Waals surface area contributed by atoms with Gasteiger partial charge < -0.3 is 10.1 Å². The van der Waals surface area contributed by atoms with Crippen LogP contribution < -0.4 is 10.1 Å². The van der Waals surface area contributed by atoms with Crippen LogP contribution in [0.25, 0.3) is 10.9 Å². The van der Waals surface area contributed by atoms with Crippen molar-refractivity contribution >= 4 is 28.1 Å². The van der Waals surface area contributed by atoms with Crippen molar-refractivity contribution < 1.29 is 22.8 Å². The average Bonchev–Trinajstić information content (AvgIpc) is 2.73. The Labute approximate surface area is 172 Å². The SMILES string of the molecule is O=[N+]([O-])c1c(Nc2cccc(C(F)(F)F)c2)ncnc1Oc1cccc2cccnc12. The number of para-hydroxylation sites is 1. The molecular formula is C20H12F3N5O3. The predicted octanol–water partition coefficient (Wildman–Crippen LogP) is 5.49. The lowest BCUT2D eigenvalue weighted by molar-refractivity contribution is -0.385. The van der Waals surface area contributed by atoms with Crippen molar-refractivity contribution in [3.63, 3.8) is 0 Å². The molecule has 0 saturated heterocycles. The molecule has 2 aromatic carbocycles. The summed E-state index contributed by atoms with van der Waals surface area (Å²) in [6.45, 7) is 0. The van der Waals surface area contributed by atoms with Gasteiger partial charge in [-0.05, 0) is 30.3 Å². The summed E-state index contributed by atoms with van der Waals surface area (Å²) in [5.74, 6) is -0.472. The number of ether oxygens (including phenoxy) is 1. The van der Waals surface area contributed by atoms with E-state index < -0.39 is 22.4 Å². The summed E-state index contributed by atoms with van der Waals surface area (Å²) in [4.78, 5) is 22.8. The highest BCUT2D eigenvalue weighted by atomic mass is 19.4. The number of fused-ring (bicyclic) bond motifs is 1. The second kappa shape index (κ2) is 7.86. The molecule has 0 bridgehead atoms. The van der Waals surface area contributed by atoms with E-state index in [4.69, 9.17) is 4.74 Å². The second-order valence-electron chi connectivity index (χ2n) is 6.27. The van der Waals surface area contributed by atoms with Gasteiger partial charge in [-0.15, -0.1) is 0 Å². The third kappa shape index (κ3) is 4.20. The molecule has 0 amide bonds. The van der Waals surface area contributed by atoms with Gasteiger partial charge in [-0.3, -0.25) is 15.1 Å². The van der Waals surface area contributed by atoms with Crippen LogP contribution in [0.2, 0.25) is 0 Å².